The van der Waals surface area contributed by atoms with Crippen molar-refractivity contribution in [1.82, 2.24) is 0 Å². The summed E-state index contributed by atoms with van der Waals surface area (Å²) in [6.07, 6.45) is -2.29. The monoisotopic (exact) mass is 362 g/mol. The van der Waals surface area contributed by atoms with Crippen LogP contribution in [0.3, 0.4) is 0 Å². The van der Waals surface area contributed by atoms with Gasteiger partial charge in [0.1, 0.15) is 0 Å². The molecule has 0 aromatic rings. The maximum absolute atomic E-state index is 10.3. The number of carboxylic acids is 3. The van der Waals surface area contributed by atoms with Crippen molar-refractivity contribution in [2.24, 2.45) is 0 Å². The predicted octanol–water partition coefficient (Wildman–Crippen LogP) is -10.6. The van der Waals surface area contributed by atoms with Gasteiger partial charge in [-0.2, -0.15) is 8.42 Å². The summed E-state index contributed by atoms with van der Waals surface area (Å²) in [4.78, 5) is 30.5. The smallest absolute Gasteiger partial charge is 1.00 e. The second-order valence-electron chi connectivity index (χ2n) is 2.93. The third-order valence-electron chi connectivity index (χ3n) is 1.29. The van der Waals surface area contributed by atoms with Gasteiger partial charge in [0.25, 0.3) is 0 Å². The molecule has 0 aliphatic heterocycles. The maximum Gasteiger partial charge on any atom is 1.00 e. The molecule has 11 nitrogen and oxygen atoms in total. The Balaban J connectivity index is -0.0000000347. The van der Waals surface area contributed by atoms with Gasteiger partial charge in [0.15, 0.2) is 5.60 Å². The molecule has 15 heteroatoms. The molecule has 0 rings (SSSR count). The van der Waals surface area contributed by atoms with Gasteiger partial charge in [-0.05, 0) is 0 Å². The van der Waals surface area contributed by atoms with Gasteiger partial charge in [0, 0.05) is 0 Å². The van der Waals surface area contributed by atoms with E-state index >= 15 is 0 Å². The minimum Gasteiger partial charge on any atom is -1.00 e. The van der Waals surface area contributed by atoms with E-state index in [-0.39, 0.29) is 93.0 Å². The van der Waals surface area contributed by atoms with E-state index in [2.05, 4.69) is 0 Å². The average Bonchev–Trinajstić information content (AvgIpc) is 1.95. The standard InChI is InChI=1S/C6H8O7.3Na.H2O4S.3H/c7-3(8)1-6(13,5(11)12)2-4(9)10;;;;1-5(2,3)4;;;/h13H,1-2H2,(H,7,8)(H,9,10)(H,11,12);;;;(H2,1,2,3,4);;;/q;3*+1;;3*-1. The Morgan fingerprint density at radius 2 is 1.05 bits per heavy atom. The number of rotatable bonds is 5. The Morgan fingerprint density at radius 3 is 1.14 bits per heavy atom. The van der Waals surface area contributed by atoms with E-state index < -0.39 is 46.7 Å². The molecule has 21 heavy (non-hydrogen) atoms. The summed E-state index contributed by atoms with van der Waals surface area (Å²) in [5.41, 5.74) is -2.74. The first kappa shape index (κ1) is 33.8. The molecule has 0 aromatic heterocycles. The quantitative estimate of drug-likeness (QED) is 0.200. The van der Waals surface area contributed by atoms with Gasteiger partial charge in [0.2, 0.25) is 0 Å². The third-order valence-corrected chi connectivity index (χ3v) is 1.29. The SMILES string of the molecule is O=C(O)CC(O)(CC(=O)O)C(=O)O.O=S(=O)(O)O.[H-].[H-].[H-].[Na+].[Na+].[Na+]. The first-order valence-electron chi connectivity index (χ1n) is 3.87. The fourth-order valence-electron chi connectivity index (χ4n) is 0.714. The Morgan fingerprint density at radius 1 is 0.857 bits per heavy atom. The molecule has 112 valence electrons. The fourth-order valence-corrected chi connectivity index (χ4v) is 0.714. The Kier molecular flexibility index (Phi) is 23.8. The average molecular weight is 362 g/mol. The van der Waals surface area contributed by atoms with E-state index in [0.29, 0.717) is 0 Å². The molecule has 0 bridgehead atoms. The van der Waals surface area contributed by atoms with Gasteiger partial charge in [-0.15, -0.1) is 0 Å². The van der Waals surface area contributed by atoms with Crippen molar-refractivity contribution in [2.75, 3.05) is 0 Å². The Bertz CT molecular complexity index is 422. The van der Waals surface area contributed by atoms with E-state index in [9.17, 15) is 14.4 Å². The van der Waals surface area contributed by atoms with Crippen LogP contribution in [-0.2, 0) is 24.8 Å². The van der Waals surface area contributed by atoms with E-state index in [1.54, 1.807) is 0 Å². The zero-order valence-corrected chi connectivity index (χ0v) is 18.4. The third kappa shape index (κ3) is 26.5. The van der Waals surface area contributed by atoms with Crippen LogP contribution >= 0.6 is 0 Å². The van der Waals surface area contributed by atoms with Crippen LogP contribution in [-0.4, -0.2) is 61.5 Å². The van der Waals surface area contributed by atoms with Crippen molar-refractivity contribution in [3.05, 3.63) is 0 Å². The molecule has 0 spiro atoms. The Hall–Kier alpha value is 1.24. The van der Waals surface area contributed by atoms with E-state index in [1.165, 1.54) is 0 Å². The van der Waals surface area contributed by atoms with E-state index in [1.807, 2.05) is 0 Å². The van der Waals surface area contributed by atoms with Gasteiger partial charge in [-0.1, -0.05) is 0 Å². The molecule has 0 aliphatic rings. The van der Waals surface area contributed by atoms with Crippen molar-refractivity contribution < 1.29 is 145 Å². The summed E-state index contributed by atoms with van der Waals surface area (Å²) >= 11 is 0. The van der Waals surface area contributed by atoms with Crippen molar-refractivity contribution in [3.8, 4) is 0 Å². The molecule has 0 aliphatic carbocycles. The molecule has 0 saturated carbocycles. The number of hydrogen-bond donors (Lipinski definition) is 6. The van der Waals surface area contributed by atoms with E-state index in [0.717, 1.165) is 0 Å². The molecule has 0 radical (unpaired) electrons. The molecular weight excluding hydrogens is 349 g/mol. The molecule has 0 heterocycles. The number of carbonyl (C=O) groups is 3. The first-order chi connectivity index (χ1) is 7.78. The van der Waals surface area contributed by atoms with Crippen molar-refractivity contribution in [1.29, 1.82) is 0 Å². The normalized spacial score (nSPS) is 9.48. The summed E-state index contributed by atoms with van der Waals surface area (Å²) < 4.78 is 31.6. The van der Waals surface area contributed by atoms with Crippen LogP contribution in [0.4, 0.5) is 0 Å². The van der Waals surface area contributed by atoms with Crippen LogP contribution in [0.25, 0.3) is 0 Å². The number of aliphatic hydroxyl groups is 1. The van der Waals surface area contributed by atoms with Gasteiger partial charge in [-0.25, -0.2) is 4.79 Å². The molecular formula is C6H13Na3O11S. The molecule has 0 fully saturated rings. The minimum absolute atomic E-state index is 0. The number of aliphatic carboxylic acids is 3. The molecule has 0 atom stereocenters. The van der Waals surface area contributed by atoms with Gasteiger partial charge in [0.05, 0.1) is 12.8 Å². The maximum atomic E-state index is 10.3. The minimum atomic E-state index is -4.67. The Labute approximate surface area is 190 Å². The topological polar surface area (TPSA) is 207 Å². The summed E-state index contributed by atoms with van der Waals surface area (Å²) in [6.45, 7) is 0. The van der Waals surface area contributed by atoms with Crippen LogP contribution in [0, 0.1) is 0 Å². The van der Waals surface area contributed by atoms with Crippen molar-refractivity contribution in [3.63, 3.8) is 0 Å². The van der Waals surface area contributed by atoms with Gasteiger partial charge in [-0.3, -0.25) is 18.7 Å². The largest absolute Gasteiger partial charge is 1.00 e. The van der Waals surface area contributed by atoms with Crippen LogP contribution in [0.2, 0.25) is 0 Å². The number of carboxylic acid groups (broad SMARTS) is 3. The van der Waals surface area contributed by atoms with Crippen LogP contribution in [0.15, 0.2) is 0 Å². The van der Waals surface area contributed by atoms with E-state index in [4.69, 9.17) is 37.9 Å². The van der Waals surface area contributed by atoms with Crippen LogP contribution in [0.5, 0.6) is 0 Å². The van der Waals surface area contributed by atoms with Crippen molar-refractivity contribution in [2.45, 2.75) is 18.4 Å². The molecule has 6 N–H and O–H groups in total. The second-order valence-corrected chi connectivity index (χ2v) is 3.82. The molecule has 0 amide bonds. The van der Waals surface area contributed by atoms with Gasteiger partial charge >= 0.3 is 117 Å². The van der Waals surface area contributed by atoms with Crippen LogP contribution < -0.4 is 88.7 Å². The summed E-state index contributed by atoms with van der Waals surface area (Å²) in [5, 5.41) is 33.8. The molecule has 0 unspecified atom stereocenters. The first-order valence-corrected chi connectivity index (χ1v) is 5.27. The molecule has 0 aromatic carbocycles. The summed E-state index contributed by atoms with van der Waals surface area (Å²) in [6, 6.07) is 0. The van der Waals surface area contributed by atoms with Crippen LogP contribution in [0.1, 0.15) is 17.1 Å². The predicted molar refractivity (Wildman–Crippen MR) is 54.6 cm³/mol. The van der Waals surface area contributed by atoms with Gasteiger partial charge < -0.3 is 24.7 Å². The zero-order chi connectivity index (χ0) is 15.1. The summed E-state index contributed by atoms with van der Waals surface area (Å²) in [5.74, 6) is -5.02. The number of hydrogen-bond acceptors (Lipinski definition) is 6. The summed E-state index contributed by atoms with van der Waals surface area (Å²) in [7, 11) is -4.67. The molecule has 0 saturated heterocycles. The zero-order valence-electron chi connectivity index (χ0n) is 14.5. The second kappa shape index (κ2) is 14.8. The fraction of sp³-hybridized carbons (Fsp3) is 0.500. The van der Waals surface area contributed by atoms with Crippen molar-refractivity contribution >= 4 is 28.3 Å².